The number of hydrogen-bond donors (Lipinski definition) is 4. The summed E-state index contributed by atoms with van der Waals surface area (Å²) in [5.74, 6) is -0.0260. The summed E-state index contributed by atoms with van der Waals surface area (Å²) in [5, 5.41) is 20.8. The number of rotatable bonds is 6. The maximum Gasteiger partial charge on any atom is 0.405 e. The van der Waals surface area contributed by atoms with Crippen LogP contribution >= 0.6 is 11.3 Å². The number of nitrogen functional groups attached to an aromatic ring is 1. The van der Waals surface area contributed by atoms with Gasteiger partial charge in [-0.2, -0.15) is 0 Å². The lowest BCUT2D eigenvalue weighted by molar-refractivity contribution is 0.179. The van der Waals surface area contributed by atoms with E-state index in [4.69, 9.17) is 20.7 Å². The molecule has 0 saturated heterocycles. The summed E-state index contributed by atoms with van der Waals surface area (Å²) in [6, 6.07) is 1.28. The van der Waals surface area contributed by atoms with Crippen LogP contribution < -0.4 is 11.1 Å². The Balaban J connectivity index is 2.89. The third-order valence-electron chi connectivity index (χ3n) is 3.99. The molecule has 8 heteroatoms. The molecule has 1 rings (SSSR count). The summed E-state index contributed by atoms with van der Waals surface area (Å²) in [7, 11) is -1.96. The molecule has 0 aliphatic rings. The van der Waals surface area contributed by atoms with Crippen molar-refractivity contribution in [2.45, 2.75) is 44.9 Å². The fourth-order valence-electron chi connectivity index (χ4n) is 1.53. The maximum atomic E-state index is 11.0. The fraction of sp³-hybridized carbons (Fsp3) is 0.571. The Morgan fingerprint density at radius 3 is 2.55 bits per heavy atom. The third kappa shape index (κ3) is 4.82. The minimum absolute atomic E-state index is 0.0260. The van der Waals surface area contributed by atoms with Crippen LogP contribution in [0.2, 0.25) is 18.1 Å². The molecule has 5 N–H and O–H groups in total. The molecule has 0 aliphatic heterocycles. The minimum Gasteiger partial charge on any atom is -0.465 e. The van der Waals surface area contributed by atoms with E-state index in [1.165, 1.54) is 11.3 Å². The molecule has 1 aromatic heterocycles. The van der Waals surface area contributed by atoms with Gasteiger partial charge in [0.1, 0.15) is 5.84 Å². The monoisotopic (exact) mass is 343 g/mol. The molecule has 0 fully saturated rings. The van der Waals surface area contributed by atoms with Crippen LogP contribution in [0.1, 0.15) is 37.3 Å². The molecule has 1 atom stereocenters. The van der Waals surface area contributed by atoms with Gasteiger partial charge in [-0.3, -0.25) is 5.41 Å². The van der Waals surface area contributed by atoms with Gasteiger partial charge >= 0.3 is 6.09 Å². The summed E-state index contributed by atoms with van der Waals surface area (Å²) in [6.07, 6.45) is -1.10. The second-order valence-electron chi connectivity index (χ2n) is 6.72. The number of amidine groups is 1. The summed E-state index contributed by atoms with van der Waals surface area (Å²) in [6.45, 7) is 10.9. The minimum atomic E-state index is -1.96. The number of hydrogen-bond acceptors (Lipinski definition) is 4. The molecule has 1 aromatic rings. The van der Waals surface area contributed by atoms with Crippen molar-refractivity contribution in [1.29, 1.82) is 5.41 Å². The largest absolute Gasteiger partial charge is 0.465 e. The molecule has 1 heterocycles. The normalized spacial score (nSPS) is 13.7. The van der Waals surface area contributed by atoms with Crippen molar-refractivity contribution in [1.82, 2.24) is 5.32 Å². The van der Waals surface area contributed by atoms with Crippen LogP contribution in [0.25, 0.3) is 0 Å². The highest BCUT2D eigenvalue weighted by molar-refractivity contribution is 7.10. The molecule has 6 nitrogen and oxygen atoms in total. The highest BCUT2D eigenvalue weighted by Gasteiger charge is 2.38. The van der Waals surface area contributed by atoms with Crippen LogP contribution in [0, 0.1) is 5.41 Å². The van der Waals surface area contributed by atoms with Gasteiger partial charge in [0.05, 0.1) is 12.6 Å². The Morgan fingerprint density at radius 1 is 1.55 bits per heavy atom. The fourth-order valence-corrected chi connectivity index (χ4v) is 3.49. The van der Waals surface area contributed by atoms with E-state index < -0.39 is 20.5 Å². The zero-order chi connectivity index (χ0) is 17.1. The van der Waals surface area contributed by atoms with Gasteiger partial charge in [-0.25, -0.2) is 4.79 Å². The van der Waals surface area contributed by atoms with Crippen LogP contribution in [0.3, 0.4) is 0 Å². The molecule has 0 spiro atoms. The molecule has 0 aliphatic carbocycles. The van der Waals surface area contributed by atoms with Gasteiger partial charge in [0.25, 0.3) is 0 Å². The van der Waals surface area contributed by atoms with Crippen LogP contribution in [-0.4, -0.2) is 32.0 Å². The standard InChI is InChI=1S/C14H25N3O3SSi/c1-14(2,3)22(4,5)20-7-10(17-13(18)19)11-6-9(8-21-11)12(15)16/h6,8,10,17H,7H2,1-5H3,(H3,15,16)(H,18,19). The summed E-state index contributed by atoms with van der Waals surface area (Å²) in [4.78, 5) is 11.8. The molecular formula is C14H25N3O3SSi. The molecule has 1 amide bonds. The lowest BCUT2D eigenvalue weighted by Crippen LogP contribution is -2.43. The Bertz CT molecular complexity index is 552. The molecule has 0 bridgehead atoms. The number of nitrogens with two attached hydrogens (primary N) is 1. The second-order valence-corrected chi connectivity index (χ2v) is 12.5. The SMILES string of the molecule is CC(C)(C)[Si](C)(C)OCC(NC(=O)O)c1cc(C(=N)N)cs1. The average Bonchev–Trinajstić information content (AvgIpc) is 2.82. The lowest BCUT2D eigenvalue weighted by Gasteiger charge is -2.37. The van der Waals surface area contributed by atoms with Gasteiger partial charge < -0.3 is 20.6 Å². The smallest absolute Gasteiger partial charge is 0.405 e. The predicted molar refractivity (Wildman–Crippen MR) is 92.4 cm³/mol. The van der Waals surface area contributed by atoms with Crippen molar-refractivity contribution in [3.8, 4) is 0 Å². The Labute approximate surface area is 136 Å². The van der Waals surface area contributed by atoms with Crippen molar-refractivity contribution < 1.29 is 14.3 Å². The van der Waals surface area contributed by atoms with Gasteiger partial charge in [-0.15, -0.1) is 11.3 Å². The summed E-state index contributed by atoms with van der Waals surface area (Å²) >= 11 is 1.37. The van der Waals surface area contributed by atoms with E-state index >= 15 is 0 Å². The first-order valence-corrected chi connectivity index (χ1v) is 10.8. The third-order valence-corrected chi connectivity index (χ3v) is 9.54. The highest BCUT2D eigenvalue weighted by atomic mass is 32.1. The zero-order valence-corrected chi connectivity index (χ0v) is 15.5. The van der Waals surface area contributed by atoms with Crippen molar-refractivity contribution in [2.24, 2.45) is 5.73 Å². The van der Waals surface area contributed by atoms with Crippen LogP contribution in [-0.2, 0) is 4.43 Å². The van der Waals surface area contributed by atoms with E-state index in [0.717, 1.165) is 4.88 Å². The van der Waals surface area contributed by atoms with Gasteiger partial charge in [0, 0.05) is 15.8 Å². The first-order chi connectivity index (χ1) is 9.94. The van der Waals surface area contributed by atoms with Crippen LogP contribution in [0.5, 0.6) is 0 Å². The maximum absolute atomic E-state index is 11.0. The molecule has 0 aromatic carbocycles. The first-order valence-electron chi connectivity index (χ1n) is 7.00. The van der Waals surface area contributed by atoms with E-state index in [2.05, 4.69) is 39.2 Å². The highest BCUT2D eigenvalue weighted by Crippen LogP contribution is 2.37. The van der Waals surface area contributed by atoms with E-state index in [1.54, 1.807) is 11.4 Å². The molecular weight excluding hydrogens is 318 g/mol. The molecule has 0 saturated carbocycles. The molecule has 0 radical (unpaired) electrons. The van der Waals surface area contributed by atoms with Crippen molar-refractivity contribution in [2.75, 3.05) is 6.61 Å². The van der Waals surface area contributed by atoms with E-state index in [-0.39, 0.29) is 17.5 Å². The Morgan fingerprint density at radius 2 is 2.14 bits per heavy atom. The van der Waals surface area contributed by atoms with Crippen LogP contribution in [0.15, 0.2) is 11.4 Å². The zero-order valence-electron chi connectivity index (χ0n) is 13.7. The van der Waals surface area contributed by atoms with Crippen LogP contribution in [0.4, 0.5) is 4.79 Å². The number of nitrogens with one attached hydrogen (secondary N) is 2. The van der Waals surface area contributed by atoms with Crippen molar-refractivity contribution in [3.63, 3.8) is 0 Å². The van der Waals surface area contributed by atoms with E-state index in [1.807, 2.05) is 0 Å². The van der Waals surface area contributed by atoms with E-state index in [0.29, 0.717) is 5.56 Å². The average molecular weight is 344 g/mol. The number of amides is 1. The van der Waals surface area contributed by atoms with Crippen molar-refractivity contribution in [3.05, 3.63) is 21.9 Å². The van der Waals surface area contributed by atoms with Gasteiger partial charge in [-0.05, 0) is 24.2 Å². The first kappa shape index (κ1) is 18.7. The predicted octanol–water partition coefficient (Wildman–Crippen LogP) is 3.36. The van der Waals surface area contributed by atoms with Gasteiger partial charge in [0.15, 0.2) is 8.32 Å². The number of thiophene rings is 1. The quantitative estimate of drug-likeness (QED) is 0.361. The topological polar surface area (TPSA) is 108 Å². The molecule has 22 heavy (non-hydrogen) atoms. The lowest BCUT2D eigenvalue weighted by atomic mass is 10.2. The number of carboxylic acid groups (broad SMARTS) is 1. The van der Waals surface area contributed by atoms with Gasteiger partial charge in [-0.1, -0.05) is 20.8 Å². The summed E-state index contributed by atoms with van der Waals surface area (Å²) in [5.41, 5.74) is 6.06. The molecule has 124 valence electrons. The van der Waals surface area contributed by atoms with Gasteiger partial charge in [0.2, 0.25) is 0 Å². The van der Waals surface area contributed by atoms with Crippen molar-refractivity contribution >= 4 is 31.6 Å². The molecule has 1 unspecified atom stereocenters. The summed E-state index contributed by atoms with van der Waals surface area (Å²) < 4.78 is 6.12. The second kappa shape index (κ2) is 6.80. The number of carbonyl (C=O) groups is 1. The van der Waals surface area contributed by atoms with E-state index in [9.17, 15) is 4.79 Å². The Hall–Kier alpha value is -1.38. The Kier molecular flexibility index (Phi) is 5.77.